The van der Waals surface area contributed by atoms with Crippen molar-refractivity contribution >= 4 is 30.8 Å². The molecule has 1 aliphatic heterocycles. The molecule has 1 aliphatic rings. The Morgan fingerprint density at radius 3 is 2.33 bits per heavy atom. The molecule has 4 atom stereocenters. The normalized spacial score (nSPS) is 17.6. The lowest BCUT2D eigenvalue weighted by molar-refractivity contribution is -0.149. The van der Waals surface area contributed by atoms with E-state index in [0.717, 1.165) is 5.56 Å². The highest BCUT2D eigenvalue weighted by Crippen LogP contribution is 2.19. The number of rotatable bonds is 11. The average molecular weight is 552 g/mol. The number of nitrogens with zero attached hydrogens (tertiary/aromatic N) is 1. The highest BCUT2D eigenvalue weighted by Gasteiger charge is 2.45. The smallest absolute Gasteiger partial charge is 0.508 e. The second-order valence-corrected chi connectivity index (χ2v) is 10.6. The number of carbonyl (C=O) groups is 4. The second kappa shape index (κ2) is 14.0. The summed E-state index contributed by atoms with van der Waals surface area (Å²) in [6.07, 6.45) is -2.25. The van der Waals surface area contributed by atoms with Gasteiger partial charge in [0.15, 0.2) is 0 Å². The first-order chi connectivity index (χ1) is 18.9. The summed E-state index contributed by atoms with van der Waals surface area (Å²) >= 11 is 0. The molecular formula is C28H37BN4O7. The Kier molecular flexibility index (Phi) is 10.8. The summed E-state index contributed by atoms with van der Waals surface area (Å²) in [7, 11) is -1.23. The molecule has 3 rings (SSSR count). The van der Waals surface area contributed by atoms with Gasteiger partial charge in [0.2, 0.25) is 11.8 Å². The van der Waals surface area contributed by atoms with Crippen LogP contribution in [0.5, 0.6) is 0 Å². The van der Waals surface area contributed by atoms with Crippen LogP contribution in [0.4, 0.5) is 0 Å². The Bertz CT molecular complexity index is 1190. The molecule has 11 nitrogen and oxygen atoms in total. The Labute approximate surface area is 234 Å². The minimum atomic E-state index is -1.34. The van der Waals surface area contributed by atoms with Crippen LogP contribution in [0.25, 0.3) is 11.3 Å². The van der Waals surface area contributed by atoms with Gasteiger partial charge in [-0.25, -0.2) is 4.98 Å². The first-order valence-corrected chi connectivity index (χ1v) is 13.4. The number of aliphatic hydroxyl groups excluding tert-OH is 1. The van der Waals surface area contributed by atoms with Crippen LogP contribution in [0, 0.1) is 5.92 Å². The minimum Gasteiger partial charge on any atom is -0.508 e. The number of hydrogen-bond donors (Lipinski definition) is 4. The van der Waals surface area contributed by atoms with Crippen LogP contribution in [0.3, 0.4) is 0 Å². The Morgan fingerprint density at radius 2 is 1.70 bits per heavy atom. The van der Waals surface area contributed by atoms with Gasteiger partial charge in [0.1, 0.15) is 17.8 Å². The third kappa shape index (κ3) is 8.62. The molecule has 0 radical (unpaired) electrons. The van der Waals surface area contributed by atoms with Gasteiger partial charge < -0.3 is 30.4 Å². The van der Waals surface area contributed by atoms with Gasteiger partial charge in [0, 0.05) is 11.6 Å². The molecule has 0 spiro atoms. The molecule has 4 N–H and O–H groups in total. The molecule has 1 fully saturated rings. The lowest BCUT2D eigenvalue weighted by atomic mass is 9.72. The van der Waals surface area contributed by atoms with E-state index in [1.165, 1.54) is 13.0 Å². The van der Waals surface area contributed by atoms with E-state index >= 15 is 0 Å². The summed E-state index contributed by atoms with van der Waals surface area (Å²) in [6.45, 7) is 8.77. The van der Waals surface area contributed by atoms with Gasteiger partial charge in [-0.3, -0.25) is 19.2 Å². The van der Waals surface area contributed by atoms with Crippen LogP contribution in [0.1, 0.15) is 57.9 Å². The summed E-state index contributed by atoms with van der Waals surface area (Å²) in [4.78, 5) is 55.6. The monoisotopic (exact) mass is 552 g/mol. The summed E-state index contributed by atoms with van der Waals surface area (Å²) in [6, 6.07) is 12.8. The number of aliphatic hydroxyl groups is 1. The number of pyridine rings is 1. The quantitative estimate of drug-likeness (QED) is 0.307. The molecule has 3 amide bonds. The molecule has 0 saturated carbocycles. The number of nitrogens with one attached hydrogen (secondary N) is 3. The van der Waals surface area contributed by atoms with Crippen molar-refractivity contribution in [3.8, 4) is 11.3 Å². The lowest BCUT2D eigenvalue weighted by Crippen LogP contribution is -2.61. The van der Waals surface area contributed by atoms with Gasteiger partial charge in [-0.2, -0.15) is 0 Å². The predicted molar refractivity (Wildman–Crippen MR) is 149 cm³/mol. The van der Waals surface area contributed by atoms with Crippen molar-refractivity contribution in [1.82, 2.24) is 20.9 Å². The largest absolute Gasteiger partial charge is 0.551 e. The van der Waals surface area contributed by atoms with E-state index in [-0.39, 0.29) is 24.1 Å². The molecule has 12 heteroatoms. The fourth-order valence-electron chi connectivity index (χ4n) is 4.25. The molecule has 0 bridgehead atoms. The van der Waals surface area contributed by atoms with E-state index in [1.54, 1.807) is 26.0 Å². The van der Waals surface area contributed by atoms with Crippen molar-refractivity contribution in [2.24, 2.45) is 5.92 Å². The summed E-state index contributed by atoms with van der Waals surface area (Å²) in [5, 5.41) is 18.4. The van der Waals surface area contributed by atoms with Crippen LogP contribution in [0.2, 0.25) is 0 Å². The van der Waals surface area contributed by atoms with E-state index in [1.807, 2.05) is 44.2 Å². The predicted octanol–water partition coefficient (Wildman–Crippen LogP) is 1.64. The zero-order valence-corrected chi connectivity index (χ0v) is 23.4. The number of carbonyl (C=O) groups excluding carboxylic acids is 4. The molecule has 1 unspecified atom stereocenters. The number of benzene rings is 1. The topological polar surface area (TPSA) is 156 Å². The van der Waals surface area contributed by atoms with Gasteiger partial charge in [-0.1, -0.05) is 50.2 Å². The van der Waals surface area contributed by atoms with Crippen molar-refractivity contribution in [2.45, 2.75) is 77.7 Å². The molecular weight excluding hydrogens is 515 g/mol. The standard InChI is InChI=1S/C28H37BN4O7/c1-16(2)14-23(29-39-22(15-24(35)40-29)27(37)30-17(3)4)32-28(38)25(18(5)34)33-26(36)21-13-9-12-20(31-21)19-10-7-6-8-11-19/h6-13,16-18,22-23,25,34H,14-15H2,1-5H3,(H,30,37)(H,32,38)(H,33,36)/t18-,22?,23+,25+/m1/s1. The molecule has 1 aromatic heterocycles. The van der Waals surface area contributed by atoms with E-state index in [9.17, 15) is 24.3 Å². The first-order valence-electron chi connectivity index (χ1n) is 13.4. The van der Waals surface area contributed by atoms with Crippen molar-refractivity contribution < 1.29 is 33.6 Å². The van der Waals surface area contributed by atoms with Gasteiger partial charge in [-0.05, 0) is 45.2 Å². The second-order valence-electron chi connectivity index (χ2n) is 10.6. The maximum Gasteiger partial charge on any atom is 0.551 e. The summed E-state index contributed by atoms with van der Waals surface area (Å²) < 4.78 is 11.2. The highest BCUT2D eigenvalue weighted by atomic mass is 16.6. The van der Waals surface area contributed by atoms with Gasteiger partial charge in [0.25, 0.3) is 11.9 Å². The zero-order valence-electron chi connectivity index (χ0n) is 23.4. The van der Waals surface area contributed by atoms with Crippen molar-refractivity contribution in [2.75, 3.05) is 0 Å². The molecule has 214 valence electrons. The molecule has 0 aliphatic carbocycles. The Balaban J connectivity index is 1.75. The van der Waals surface area contributed by atoms with E-state index in [0.29, 0.717) is 12.1 Å². The maximum atomic E-state index is 13.3. The SMILES string of the molecule is CC(C)C[C@H](NC(=O)[C@@H](NC(=O)c1cccc(-c2ccccc2)n1)[C@@H](C)O)B1OC(=O)CC(C(=O)NC(C)C)O1. The van der Waals surface area contributed by atoms with Crippen LogP contribution in [-0.4, -0.2) is 71.1 Å². The third-order valence-electron chi connectivity index (χ3n) is 6.11. The Hall–Kier alpha value is -3.77. The first kappa shape index (κ1) is 30.8. The maximum absolute atomic E-state index is 13.3. The van der Waals surface area contributed by atoms with Crippen molar-refractivity contribution in [3.05, 3.63) is 54.2 Å². The van der Waals surface area contributed by atoms with E-state index in [2.05, 4.69) is 20.9 Å². The van der Waals surface area contributed by atoms with Crippen molar-refractivity contribution in [3.63, 3.8) is 0 Å². The fourth-order valence-corrected chi connectivity index (χ4v) is 4.25. The van der Waals surface area contributed by atoms with Gasteiger partial charge >= 0.3 is 7.12 Å². The van der Waals surface area contributed by atoms with Crippen LogP contribution in [-0.2, 0) is 23.7 Å². The molecule has 1 aromatic carbocycles. The fraction of sp³-hybridized carbons (Fsp3) is 0.464. The molecule has 1 saturated heterocycles. The highest BCUT2D eigenvalue weighted by molar-refractivity contribution is 6.50. The zero-order chi connectivity index (χ0) is 29.4. The minimum absolute atomic E-state index is 0.0435. The number of aromatic nitrogens is 1. The van der Waals surface area contributed by atoms with Gasteiger partial charge in [0.05, 0.1) is 24.2 Å². The van der Waals surface area contributed by atoms with Crippen molar-refractivity contribution in [1.29, 1.82) is 0 Å². The number of hydrogen-bond acceptors (Lipinski definition) is 8. The Morgan fingerprint density at radius 1 is 1.00 bits per heavy atom. The van der Waals surface area contributed by atoms with Crippen LogP contribution >= 0.6 is 0 Å². The lowest BCUT2D eigenvalue weighted by Gasteiger charge is -2.33. The van der Waals surface area contributed by atoms with E-state index in [4.69, 9.17) is 9.31 Å². The van der Waals surface area contributed by atoms with Crippen LogP contribution < -0.4 is 16.0 Å². The van der Waals surface area contributed by atoms with Gasteiger partial charge in [-0.15, -0.1) is 0 Å². The average Bonchev–Trinajstić information content (AvgIpc) is 2.90. The molecule has 2 aromatic rings. The summed E-state index contributed by atoms with van der Waals surface area (Å²) in [5.41, 5.74) is 1.47. The summed E-state index contributed by atoms with van der Waals surface area (Å²) in [5.74, 6) is -3.24. The number of amides is 3. The molecule has 2 heterocycles. The third-order valence-corrected chi connectivity index (χ3v) is 6.11. The molecule has 40 heavy (non-hydrogen) atoms. The van der Waals surface area contributed by atoms with Crippen LogP contribution in [0.15, 0.2) is 48.5 Å². The van der Waals surface area contributed by atoms with E-state index < -0.39 is 55.0 Å².